The van der Waals surface area contributed by atoms with Crippen LogP contribution in [0.1, 0.15) is 17.7 Å². The van der Waals surface area contributed by atoms with Crippen molar-refractivity contribution in [3.63, 3.8) is 0 Å². The predicted molar refractivity (Wildman–Crippen MR) is 92.7 cm³/mol. The molecule has 3 rings (SSSR count). The first-order valence-corrected chi connectivity index (χ1v) is 7.60. The molecule has 1 heterocycles. The van der Waals surface area contributed by atoms with Crippen molar-refractivity contribution < 1.29 is 4.79 Å². The third-order valence-electron chi connectivity index (χ3n) is 3.88. The predicted octanol–water partition coefficient (Wildman–Crippen LogP) is 3.41. The second-order valence-corrected chi connectivity index (χ2v) is 5.52. The lowest BCUT2D eigenvalue weighted by Crippen LogP contribution is -2.17. The van der Waals surface area contributed by atoms with E-state index in [1.165, 1.54) is 0 Å². The molecule has 0 aliphatic heterocycles. The number of aromatic nitrogens is 1. The third kappa shape index (κ3) is 3.31. The Morgan fingerprint density at radius 2 is 1.74 bits per heavy atom. The minimum absolute atomic E-state index is 0.00404. The Kier molecular flexibility index (Phi) is 4.24. The van der Waals surface area contributed by atoms with Crippen molar-refractivity contribution in [3.8, 4) is 0 Å². The van der Waals surface area contributed by atoms with E-state index in [1.807, 2.05) is 55.5 Å². The first kappa shape index (κ1) is 15.0. The average Bonchev–Trinajstić information content (AvgIpc) is 2.55. The van der Waals surface area contributed by atoms with Gasteiger partial charge in [-0.05, 0) is 37.6 Å². The van der Waals surface area contributed by atoms with Gasteiger partial charge < -0.3 is 10.3 Å². The van der Waals surface area contributed by atoms with Crippen molar-refractivity contribution in [2.24, 2.45) is 0 Å². The Morgan fingerprint density at radius 3 is 2.52 bits per heavy atom. The smallest absolute Gasteiger partial charge is 0.224 e. The Hall–Kier alpha value is -2.88. The highest BCUT2D eigenvalue weighted by molar-refractivity contribution is 5.90. The minimum atomic E-state index is -0.0943. The van der Waals surface area contributed by atoms with Crippen LogP contribution in [-0.4, -0.2) is 10.9 Å². The first-order chi connectivity index (χ1) is 11.1. The van der Waals surface area contributed by atoms with E-state index in [0.717, 1.165) is 16.9 Å². The number of H-pyrrole nitrogens is 1. The fourth-order valence-corrected chi connectivity index (χ4v) is 2.68. The van der Waals surface area contributed by atoms with Gasteiger partial charge in [0.1, 0.15) is 0 Å². The number of anilines is 1. The Balaban J connectivity index is 1.77. The zero-order valence-corrected chi connectivity index (χ0v) is 12.9. The molecule has 2 aromatic carbocycles. The molecule has 0 bridgehead atoms. The minimum Gasteiger partial charge on any atom is -0.358 e. The molecule has 1 amide bonds. The van der Waals surface area contributed by atoms with Crippen LogP contribution in [0.15, 0.2) is 59.4 Å². The van der Waals surface area contributed by atoms with Crippen LogP contribution in [0.2, 0.25) is 0 Å². The maximum atomic E-state index is 12.6. The van der Waals surface area contributed by atoms with Crippen molar-refractivity contribution in [3.05, 3.63) is 76.1 Å². The molecule has 0 unspecified atom stereocenters. The number of aryl methyl sites for hydroxylation is 1. The number of carbonyl (C=O) groups excluding carboxylic acids is 1. The highest BCUT2D eigenvalue weighted by atomic mass is 16.1. The van der Waals surface area contributed by atoms with Crippen LogP contribution in [0, 0.1) is 6.92 Å². The summed E-state index contributed by atoms with van der Waals surface area (Å²) in [6.45, 7) is 1.87. The van der Waals surface area contributed by atoms with E-state index in [2.05, 4.69) is 10.3 Å². The van der Waals surface area contributed by atoms with Gasteiger partial charge in [-0.15, -0.1) is 0 Å². The lowest BCUT2D eigenvalue weighted by Gasteiger charge is -2.08. The molecular formula is C19H18N2O2. The lowest BCUT2D eigenvalue weighted by molar-refractivity contribution is -0.116. The summed E-state index contributed by atoms with van der Waals surface area (Å²) >= 11 is 0. The van der Waals surface area contributed by atoms with E-state index < -0.39 is 0 Å². The van der Waals surface area contributed by atoms with E-state index in [4.69, 9.17) is 0 Å². The number of carbonyl (C=O) groups is 1. The molecule has 0 radical (unpaired) electrons. The molecule has 0 spiro atoms. The summed E-state index contributed by atoms with van der Waals surface area (Å²) in [5.41, 5.74) is 3.09. The Morgan fingerprint density at radius 1 is 1.04 bits per heavy atom. The number of hydrogen-bond donors (Lipinski definition) is 2. The second kappa shape index (κ2) is 6.48. The second-order valence-electron chi connectivity index (χ2n) is 5.52. The maximum Gasteiger partial charge on any atom is 0.224 e. The van der Waals surface area contributed by atoms with Gasteiger partial charge in [0.05, 0.1) is 0 Å². The number of nitrogens with one attached hydrogen (secondary N) is 2. The quantitative estimate of drug-likeness (QED) is 0.776. The summed E-state index contributed by atoms with van der Waals surface area (Å²) < 4.78 is 0. The van der Waals surface area contributed by atoms with E-state index in [9.17, 15) is 9.59 Å². The number of benzene rings is 2. The molecule has 0 atom stereocenters. The van der Waals surface area contributed by atoms with Gasteiger partial charge in [-0.1, -0.05) is 30.3 Å². The van der Waals surface area contributed by atoms with E-state index in [-0.39, 0.29) is 17.8 Å². The SMILES string of the molecule is Cc1[nH]c2ccccc2c(=O)c1CCC(=O)Nc1ccccc1. The van der Waals surface area contributed by atoms with Gasteiger partial charge >= 0.3 is 0 Å². The van der Waals surface area contributed by atoms with Gasteiger partial charge in [-0.2, -0.15) is 0 Å². The summed E-state index contributed by atoms with van der Waals surface area (Å²) in [4.78, 5) is 27.9. The Bertz CT molecular complexity index is 898. The van der Waals surface area contributed by atoms with Crippen LogP contribution in [0.4, 0.5) is 5.69 Å². The van der Waals surface area contributed by atoms with Gasteiger partial charge in [0.25, 0.3) is 0 Å². The zero-order chi connectivity index (χ0) is 16.2. The number of hydrogen-bond acceptors (Lipinski definition) is 2. The van der Waals surface area contributed by atoms with Gasteiger partial charge in [0, 0.05) is 34.3 Å². The number of amides is 1. The molecule has 1 aromatic heterocycles. The number of aromatic amines is 1. The van der Waals surface area contributed by atoms with Crippen LogP contribution in [0.5, 0.6) is 0 Å². The van der Waals surface area contributed by atoms with Crippen molar-refractivity contribution in [1.29, 1.82) is 0 Å². The molecule has 0 aliphatic rings. The van der Waals surface area contributed by atoms with E-state index in [1.54, 1.807) is 6.07 Å². The number of para-hydroxylation sites is 2. The molecule has 2 N–H and O–H groups in total. The average molecular weight is 306 g/mol. The molecule has 4 heteroatoms. The fourth-order valence-electron chi connectivity index (χ4n) is 2.68. The fraction of sp³-hybridized carbons (Fsp3) is 0.158. The first-order valence-electron chi connectivity index (χ1n) is 7.60. The van der Waals surface area contributed by atoms with Crippen molar-refractivity contribution in [2.45, 2.75) is 19.8 Å². The molecule has 0 saturated carbocycles. The van der Waals surface area contributed by atoms with Crippen LogP contribution in [0.3, 0.4) is 0 Å². The molecule has 0 saturated heterocycles. The summed E-state index contributed by atoms with van der Waals surface area (Å²) in [6, 6.07) is 16.7. The number of rotatable bonds is 4. The van der Waals surface area contributed by atoms with Crippen LogP contribution in [0.25, 0.3) is 10.9 Å². The standard InChI is InChI=1S/C19H18N2O2/c1-13-15(19(23)16-9-5-6-10-17(16)20-13)11-12-18(22)21-14-7-3-2-4-8-14/h2-10H,11-12H2,1H3,(H,20,23)(H,21,22). The van der Waals surface area contributed by atoms with E-state index in [0.29, 0.717) is 17.4 Å². The van der Waals surface area contributed by atoms with Crippen molar-refractivity contribution >= 4 is 22.5 Å². The van der Waals surface area contributed by atoms with Gasteiger partial charge in [-0.25, -0.2) is 0 Å². The molecule has 0 aliphatic carbocycles. The summed E-state index contributed by atoms with van der Waals surface area (Å²) in [5.74, 6) is -0.0943. The topological polar surface area (TPSA) is 62.0 Å². The van der Waals surface area contributed by atoms with Crippen molar-refractivity contribution in [2.75, 3.05) is 5.32 Å². The summed E-state index contributed by atoms with van der Waals surface area (Å²) in [5, 5.41) is 3.50. The number of pyridine rings is 1. The monoisotopic (exact) mass is 306 g/mol. The van der Waals surface area contributed by atoms with E-state index >= 15 is 0 Å². The maximum absolute atomic E-state index is 12.6. The molecule has 23 heavy (non-hydrogen) atoms. The summed E-state index contributed by atoms with van der Waals surface area (Å²) in [6.07, 6.45) is 0.696. The lowest BCUT2D eigenvalue weighted by atomic mass is 10.0. The van der Waals surface area contributed by atoms with Crippen LogP contribution >= 0.6 is 0 Å². The van der Waals surface area contributed by atoms with Crippen LogP contribution < -0.4 is 10.7 Å². The molecular weight excluding hydrogens is 288 g/mol. The summed E-state index contributed by atoms with van der Waals surface area (Å²) in [7, 11) is 0. The largest absolute Gasteiger partial charge is 0.358 e. The highest BCUT2D eigenvalue weighted by Gasteiger charge is 2.11. The highest BCUT2D eigenvalue weighted by Crippen LogP contribution is 2.13. The molecule has 116 valence electrons. The Labute approximate surface area is 134 Å². The third-order valence-corrected chi connectivity index (χ3v) is 3.88. The van der Waals surface area contributed by atoms with Crippen molar-refractivity contribution in [1.82, 2.24) is 4.98 Å². The van der Waals surface area contributed by atoms with Crippen LogP contribution in [-0.2, 0) is 11.2 Å². The van der Waals surface area contributed by atoms with Gasteiger partial charge in [-0.3, -0.25) is 9.59 Å². The van der Waals surface area contributed by atoms with Gasteiger partial charge in [0.15, 0.2) is 5.43 Å². The number of fused-ring (bicyclic) bond motifs is 1. The molecule has 4 nitrogen and oxygen atoms in total. The zero-order valence-electron chi connectivity index (χ0n) is 12.9. The molecule has 0 fully saturated rings. The normalized spacial score (nSPS) is 10.7. The molecule has 3 aromatic rings. The van der Waals surface area contributed by atoms with Gasteiger partial charge in [0.2, 0.25) is 5.91 Å².